The first-order valence-corrected chi connectivity index (χ1v) is 9.14. The minimum Gasteiger partial charge on any atom is -0.218 e. The Balaban J connectivity index is 2.46. The van der Waals surface area contributed by atoms with Crippen molar-refractivity contribution in [2.24, 2.45) is 0 Å². The Kier molecular flexibility index (Phi) is 5.13. The van der Waals surface area contributed by atoms with Crippen molar-refractivity contribution in [2.75, 3.05) is 0 Å². The fraction of sp³-hybridized carbons (Fsp3) is 0.133. The summed E-state index contributed by atoms with van der Waals surface area (Å²) in [7, 11) is -4.20. The van der Waals surface area contributed by atoms with Crippen molar-refractivity contribution in [3.05, 3.63) is 50.6 Å². The Morgan fingerprint density at radius 3 is 2.29 bits per heavy atom. The van der Waals surface area contributed by atoms with E-state index in [4.69, 9.17) is 5.26 Å². The molecule has 0 radical (unpaired) electrons. The molecule has 0 atom stereocenters. The number of nitriles is 1. The van der Waals surface area contributed by atoms with Gasteiger partial charge in [0, 0.05) is 14.6 Å². The van der Waals surface area contributed by atoms with Crippen LogP contribution in [-0.4, -0.2) is 8.42 Å². The number of halogens is 3. The molecule has 2 rings (SSSR count). The Morgan fingerprint density at radius 1 is 1.29 bits per heavy atom. The highest BCUT2D eigenvalue weighted by Crippen LogP contribution is 2.32. The van der Waals surface area contributed by atoms with Gasteiger partial charge in [-0.15, -0.1) is 24.0 Å². The Morgan fingerprint density at radius 2 is 1.88 bits per heavy atom. The van der Waals surface area contributed by atoms with Crippen LogP contribution in [0.3, 0.4) is 0 Å². The predicted octanol–water partition coefficient (Wildman–Crippen LogP) is 4.70. The van der Waals surface area contributed by atoms with Gasteiger partial charge >= 0.3 is 6.18 Å². The van der Waals surface area contributed by atoms with E-state index in [-0.39, 0.29) is 4.90 Å². The molecule has 126 valence electrons. The van der Waals surface area contributed by atoms with Gasteiger partial charge < -0.3 is 0 Å². The number of rotatable bonds is 3. The molecule has 0 saturated heterocycles. The van der Waals surface area contributed by atoms with Gasteiger partial charge in [-0.1, -0.05) is 0 Å². The Bertz CT molecular complexity index is 914. The van der Waals surface area contributed by atoms with E-state index in [9.17, 15) is 21.6 Å². The number of alkyl halides is 3. The van der Waals surface area contributed by atoms with Crippen molar-refractivity contribution in [3.63, 3.8) is 0 Å². The van der Waals surface area contributed by atoms with E-state index in [1.54, 1.807) is 19.1 Å². The smallest absolute Gasteiger partial charge is 0.218 e. The number of thiophene rings is 1. The lowest BCUT2D eigenvalue weighted by atomic mass is 10.2. The predicted molar refractivity (Wildman–Crippen MR) is 88.5 cm³/mol. The zero-order chi connectivity index (χ0) is 18.1. The lowest BCUT2D eigenvalue weighted by Gasteiger charge is -2.07. The first kappa shape index (κ1) is 18.6. The number of allylic oxidation sites excluding steroid dienone is 1. The van der Waals surface area contributed by atoms with Crippen molar-refractivity contribution < 1.29 is 21.6 Å². The molecule has 2 aromatic rings. The molecule has 24 heavy (non-hydrogen) atoms. The van der Waals surface area contributed by atoms with Crippen molar-refractivity contribution in [1.82, 2.24) is 0 Å². The number of nitrogens with zero attached hydrogens (tertiary/aromatic N) is 1. The molecule has 0 N–H and O–H groups in total. The number of benzene rings is 1. The standard InChI is InChI=1S/C15H10F3NO2S3/c1-9-14(22)7-11(23-9)6-13(8-19)24(20,21)12-4-2-10(3-5-12)15(16,17)18/h2-7,22H,1H3. The van der Waals surface area contributed by atoms with Gasteiger partial charge in [0.05, 0.1) is 10.5 Å². The second kappa shape index (κ2) is 6.63. The van der Waals surface area contributed by atoms with Gasteiger partial charge in [0.2, 0.25) is 9.84 Å². The number of aryl methyl sites for hydroxylation is 1. The van der Waals surface area contributed by atoms with Gasteiger partial charge in [-0.25, -0.2) is 8.42 Å². The molecule has 0 spiro atoms. The summed E-state index contributed by atoms with van der Waals surface area (Å²) in [5.74, 6) is 0. The van der Waals surface area contributed by atoms with Crippen LogP contribution in [0, 0.1) is 18.3 Å². The maximum atomic E-state index is 12.5. The molecule has 9 heteroatoms. The van der Waals surface area contributed by atoms with Gasteiger partial charge in [0.25, 0.3) is 0 Å². The lowest BCUT2D eigenvalue weighted by Crippen LogP contribution is -2.07. The van der Waals surface area contributed by atoms with Crippen molar-refractivity contribution in [3.8, 4) is 6.07 Å². The molecule has 0 unspecified atom stereocenters. The second-order valence-electron chi connectivity index (χ2n) is 4.74. The molecule has 0 amide bonds. The number of hydrogen-bond donors (Lipinski definition) is 1. The zero-order valence-corrected chi connectivity index (χ0v) is 14.7. The molecule has 1 heterocycles. The van der Waals surface area contributed by atoms with E-state index in [0.29, 0.717) is 21.9 Å². The normalized spacial score (nSPS) is 12.9. The van der Waals surface area contributed by atoms with Crippen LogP contribution >= 0.6 is 24.0 Å². The van der Waals surface area contributed by atoms with Crippen molar-refractivity contribution in [2.45, 2.75) is 22.9 Å². The third kappa shape index (κ3) is 3.83. The summed E-state index contributed by atoms with van der Waals surface area (Å²) >= 11 is 5.45. The van der Waals surface area contributed by atoms with Gasteiger partial charge in [0.15, 0.2) is 4.91 Å². The van der Waals surface area contributed by atoms with Crippen LogP contribution < -0.4 is 0 Å². The third-order valence-electron chi connectivity index (χ3n) is 3.08. The molecule has 0 aliphatic rings. The fourth-order valence-corrected chi connectivity index (χ4v) is 4.27. The van der Waals surface area contributed by atoms with Gasteiger partial charge in [0.1, 0.15) is 6.07 Å². The molecule has 1 aromatic heterocycles. The van der Waals surface area contributed by atoms with E-state index in [0.717, 1.165) is 17.0 Å². The van der Waals surface area contributed by atoms with Crippen LogP contribution in [0.4, 0.5) is 13.2 Å². The molecule has 0 bridgehead atoms. The number of thiol groups is 1. The largest absolute Gasteiger partial charge is 0.416 e. The molecule has 0 aliphatic carbocycles. The molecule has 0 saturated carbocycles. The second-order valence-corrected chi connectivity index (χ2v) is 8.42. The quantitative estimate of drug-likeness (QED) is 0.611. The molecular weight excluding hydrogens is 379 g/mol. The van der Waals surface area contributed by atoms with E-state index >= 15 is 0 Å². The maximum Gasteiger partial charge on any atom is 0.416 e. The van der Waals surface area contributed by atoms with Crippen molar-refractivity contribution >= 4 is 39.9 Å². The van der Waals surface area contributed by atoms with Crippen LogP contribution in [0.5, 0.6) is 0 Å². The average Bonchev–Trinajstić information content (AvgIpc) is 2.82. The van der Waals surface area contributed by atoms with Gasteiger partial charge in [-0.3, -0.25) is 0 Å². The van der Waals surface area contributed by atoms with Crippen molar-refractivity contribution in [1.29, 1.82) is 5.26 Å². The lowest BCUT2D eigenvalue weighted by molar-refractivity contribution is -0.137. The van der Waals surface area contributed by atoms with Crippen LogP contribution in [0.1, 0.15) is 15.3 Å². The van der Waals surface area contributed by atoms with Gasteiger partial charge in [-0.2, -0.15) is 18.4 Å². The summed E-state index contributed by atoms with van der Waals surface area (Å²) in [4.78, 5) is 1.12. The summed E-state index contributed by atoms with van der Waals surface area (Å²) in [6.07, 6.45) is -3.38. The first-order valence-electron chi connectivity index (χ1n) is 6.39. The molecule has 3 nitrogen and oxygen atoms in total. The third-order valence-corrected chi connectivity index (χ3v) is 6.37. The summed E-state index contributed by atoms with van der Waals surface area (Å²) < 4.78 is 62.5. The van der Waals surface area contributed by atoms with E-state index < -0.39 is 26.5 Å². The minimum atomic E-state index is -4.56. The summed E-state index contributed by atoms with van der Waals surface area (Å²) in [5, 5.41) is 9.15. The van der Waals surface area contributed by atoms with Gasteiger partial charge in [-0.05, 0) is 43.3 Å². The van der Waals surface area contributed by atoms with Crippen LogP contribution in [-0.2, 0) is 16.0 Å². The highest BCUT2D eigenvalue weighted by atomic mass is 32.2. The highest BCUT2D eigenvalue weighted by Gasteiger charge is 2.31. The summed E-state index contributed by atoms with van der Waals surface area (Å²) in [6, 6.07) is 6.23. The van der Waals surface area contributed by atoms with Crippen LogP contribution in [0.25, 0.3) is 6.08 Å². The number of hydrogen-bond acceptors (Lipinski definition) is 5. The summed E-state index contributed by atoms with van der Waals surface area (Å²) in [6.45, 7) is 1.79. The van der Waals surface area contributed by atoms with E-state index in [2.05, 4.69) is 12.6 Å². The molecule has 0 fully saturated rings. The Labute approximate surface area is 146 Å². The monoisotopic (exact) mass is 389 g/mol. The fourth-order valence-electron chi connectivity index (χ4n) is 1.82. The molecule has 1 aromatic carbocycles. The van der Waals surface area contributed by atoms with Crippen LogP contribution in [0.15, 0.2) is 45.0 Å². The molecular formula is C15H10F3NO2S3. The Hall–Kier alpha value is -1.76. The number of sulfone groups is 1. The average molecular weight is 389 g/mol. The van der Waals surface area contributed by atoms with E-state index in [1.807, 2.05) is 0 Å². The minimum absolute atomic E-state index is 0.373. The highest BCUT2D eigenvalue weighted by molar-refractivity contribution is 7.95. The topological polar surface area (TPSA) is 57.9 Å². The summed E-state index contributed by atoms with van der Waals surface area (Å²) in [5.41, 5.74) is -0.961. The maximum absolute atomic E-state index is 12.5. The SMILES string of the molecule is Cc1sc(C=C(C#N)S(=O)(=O)c2ccc(C(F)(F)F)cc2)cc1S. The van der Waals surface area contributed by atoms with E-state index in [1.165, 1.54) is 17.4 Å². The first-order chi connectivity index (χ1) is 11.1. The zero-order valence-electron chi connectivity index (χ0n) is 12.1. The van der Waals surface area contributed by atoms with Crippen LogP contribution in [0.2, 0.25) is 0 Å². The molecule has 0 aliphatic heterocycles.